The van der Waals surface area contributed by atoms with Crippen molar-refractivity contribution in [2.75, 3.05) is 20.2 Å². The number of carboxylic acids is 1. The van der Waals surface area contributed by atoms with Gasteiger partial charge in [-0.1, -0.05) is 0 Å². The standard InChI is InChI=1S/C15H17FN2O.C2HF3O2/c1-19-15-9-17-6-4-12(15)11-5-7-18-14-3-2-10(16)8-13(11)14;3-2(4,5)1(6)7/h2-3,5,7-8,12,15,17H,4,6,9H2,1H3;(H,6,7). The molecular formula is C17H18F4N2O3. The number of methoxy groups -OCH3 is 1. The maximum atomic E-state index is 13.5. The third kappa shape index (κ3) is 4.89. The molecule has 9 heteroatoms. The summed E-state index contributed by atoms with van der Waals surface area (Å²) < 4.78 is 50.8. The number of hydrogen-bond donors (Lipinski definition) is 2. The zero-order valence-corrected chi connectivity index (χ0v) is 13.9. The Kier molecular flexibility index (Phi) is 6.49. The number of pyridine rings is 1. The molecule has 1 saturated heterocycles. The molecule has 1 aliphatic heterocycles. The summed E-state index contributed by atoms with van der Waals surface area (Å²) in [7, 11) is 1.73. The Bertz CT molecular complexity index is 767. The van der Waals surface area contributed by atoms with Crippen LogP contribution in [0.25, 0.3) is 10.9 Å². The van der Waals surface area contributed by atoms with E-state index in [4.69, 9.17) is 14.6 Å². The average molecular weight is 374 g/mol. The lowest BCUT2D eigenvalue weighted by Crippen LogP contribution is -2.40. The number of rotatable bonds is 2. The van der Waals surface area contributed by atoms with Crippen LogP contribution >= 0.6 is 0 Å². The molecule has 0 bridgehead atoms. The number of nitrogens with zero attached hydrogens (tertiary/aromatic N) is 1. The predicted molar refractivity (Wildman–Crippen MR) is 86.4 cm³/mol. The van der Waals surface area contributed by atoms with E-state index >= 15 is 0 Å². The fourth-order valence-electron chi connectivity index (χ4n) is 2.90. The molecule has 0 radical (unpaired) electrons. The second-order valence-electron chi connectivity index (χ2n) is 5.74. The van der Waals surface area contributed by atoms with Gasteiger partial charge in [0.2, 0.25) is 0 Å². The van der Waals surface area contributed by atoms with Crippen molar-refractivity contribution in [2.45, 2.75) is 24.6 Å². The third-order valence-corrected chi connectivity index (χ3v) is 4.11. The maximum absolute atomic E-state index is 13.5. The Balaban J connectivity index is 0.000000298. The summed E-state index contributed by atoms with van der Waals surface area (Å²) in [5.74, 6) is -2.68. The summed E-state index contributed by atoms with van der Waals surface area (Å²) in [6.07, 6.45) is -2.17. The van der Waals surface area contributed by atoms with Crippen LogP contribution in [-0.2, 0) is 9.53 Å². The Hall–Kier alpha value is -2.26. The molecule has 1 aromatic carbocycles. The molecule has 26 heavy (non-hydrogen) atoms. The van der Waals surface area contributed by atoms with Gasteiger partial charge in [0.1, 0.15) is 5.82 Å². The summed E-state index contributed by atoms with van der Waals surface area (Å²) in [6.45, 7) is 1.80. The van der Waals surface area contributed by atoms with Gasteiger partial charge in [-0.2, -0.15) is 13.2 Å². The first-order chi connectivity index (χ1) is 12.2. The van der Waals surface area contributed by atoms with Crippen LogP contribution in [0.3, 0.4) is 0 Å². The van der Waals surface area contributed by atoms with Crippen molar-refractivity contribution in [1.82, 2.24) is 10.3 Å². The predicted octanol–water partition coefficient (Wildman–Crippen LogP) is 3.10. The van der Waals surface area contributed by atoms with Crippen molar-refractivity contribution in [3.8, 4) is 0 Å². The summed E-state index contributed by atoms with van der Waals surface area (Å²) in [4.78, 5) is 13.2. The molecule has 0 amide bonds. The second-order valence-corrected chi connectivity index (χ2v) is 5.74. The number of alkyl halides is 3. The number of ether oxygens (including phenoxy) is 1. The van der Waals surface area contributed by atoms with Gasteiger partial charge in [0.15, 0.2) is 0 Å². The first kappa shape index (κ1) is 20.1. The van der Waals surface area contributed by atoms with E-state index in [0.717, 1.165) is 36.0 Å². The molecule has 0 saturated carbocycles. The summed E-state index contributed by atoms with van der Waals surface area (Å²) in [5.41, 5.74) is 1.98. The van der Waals surface area contributed by atoms with E-state index in [1.807, 2.05) is 6.07 Å². The van der Waals surface area contributed by atoms with Gasteiger partial charge in [0.25, 0.3) is 0 Å². The fraction of sp³-hybridized carbons (Fsp3) is 0.412. The molecule has 0 aliphatic carbocycles. The molecule has 142 valence electrons. The number of carbonyl (C=O) groups is 1. The lowest BCUT2D eigenvalue weighted by Gasteiger charge is -2.32. The van der Waals surface area contributed by atoms with E-state index < -0.39 is 12.1 Å². The fourth-order valence-corrected chi connectivity index (χ4v) is 2.90. The lowest BCUT2D eigenvalue weighted by molar-refractivity contribution is -0.192. The SMILES string of the molecule is COC1CNCCC1c1ccnc2ccc(F)cc12.O=C(O)C(F)(F)F. The number of aromatic nitrogens is 1. The smallest absolute Gasteiger partial charge is 0.475 e. The molecule has 1 fully saturated rings. The van der Waals surface area contributed by atoms with Crippen molar-refractivity contribution >= 4 is 16.9 Å². The van der Waals surface area contributed by atoms with E-state index in [9.17, 15) is 17.6 Å². The van der Waals surface area contributed by atoms with Gasteiger partial charge in [0.05, 0.1) is 11.6 Å². The highest BCUT2D eigenvalue weighted by Gasteiger charge is 2.38. The summed E-state index contributed by atoms with van der Waals surface area (Å²) >= 11 is 0. The number of hydrogen-bond acceptors (Lipinski definition) is 4. The minimum atomic E-state index is -5.08. The Labute approximate surface area is 147 Å². The second kappa shape index (κ2) is 8.41. The molecule has 1 aliphatic rings. The van der Waals surface area contributed by atoms with Gasteiger partial charge in [-0.3, -0.25) is 4.98 Å². The molecule has 5 nitrogen and oxygen atoms in total. The topological polar surface area (TPSA) is 71.5 Å². The van der Waals surface area contributed by atoms with Crippen LogP contribution in [0.15, 0.2) is 30.5 Å². The first-order valence-corrected chi connectivity index (χ1v) is 7.82. The molecule has 2 unspecified atom stereocenters. The van der Waals surface area contributed by atoms with Gasteiger partial charge in [0, 0.05) is 31.2 Å². The van der Waals surface area contributed by atoms with Gasteiger partial charge in [-0.25, -0.2) is 9.18 Å². The van der Waals surface area contributed by atoms with Gasteiger partial charge < -0.3 is 15.2 Å². The van der Waals surface area contributed by atoms with Crippen molar-refractivity contribution in [1.29, 1.82) is 0 Å². The van der Waals surface area contributed by atoms with Crippen molar-refractivity contribution in [3.05, 3.63) is 41.8 Å². The van der Waals surface area contributed by atoms with Crippen molar-refractivity contribution in [2.24, 2.45) is 0 Å². The quantitative estimate of drug-likeness (QED) is 0.791. The van der Waals surface area contributed by atoms with Crippen LogP contribution in [0, 0.1) is 5.82 Å². The minimum absolute atomic E-state index is 0.127. The van der Waals surface area contributed by atoms with Crippen molar-refractivity contribution in [3.63, 3.8) is 0 Å². The van der Waals surface area contributed by atoms with Crippen LogP contribution in [0.4, 0.5) is 17.6 Å². The molecule has 2 aromatic rings. The van der Waals surface area contributed by atoms with E-state index in [-0.39, 0.29) is 11.9 Å². The Morgan fingerprint density at radius 2 is 2.04 bits per heavy atom. The number of halogens is 4. The van der Waals surface area contributed by atoms with Crippen LogP contribution in [0.1, 0.15) is 17.9 Å². The van der Waals surface area contributed by atoms with Crippen LogP contribution in [0.5, 0.6) is 0 Å². The lowest BCUT2D eigenvalue weighted by atomic mass is 9.86. The highest BCUT2D eigenvalue weighted by atomic mass is 19.4. The highest BCUT2D eigenvalue weighted by Crippen LogP contribution is 2.32. The molecule has 2 heterocycles. The summed E-state index contributed by atoms with van der Waals surface area (Å²) in [6, 6.07) is 6.75. The van der Waals surface area contributed by atoms with E-state index in [1.54, 1.807) is 25.4 Å². The Morgan fingerprint density at radius 3 is 2.65 bits per heavy atom. The zero-order chi connectivity index (χ0) is 19.3. The average Bonchev–Trinajstić information content (AvgIpc) is 2.61. The first-order valence-electron chi connectivity index (χ1n) is 7.82. The van der Waals surface area contributed by atoms with E-state index in [2.05, 4.69) is 10.3 Å². The van der Waals surface area contributed by atoms with Crippen LogP contribution in [0.2, 0.25) is 0 Å². The molecule has 0 spiro atoms. The minimum Gasteiger partial charge on any atom is -0.475 e. The molecular weight excluding hydrogens is 356 g/mol. The zero-order valence-electron chi connectivity index (χ0n) is 13.9. The monoisotopic (exact) mass is 374 g/mol. The number of carboxylic acid groups (broad SMARTS) is 1. The normalized spacial score (nSPS) is 20.3. The van der Waals surface area contributed by atoms with E-state index in [0.29, 0.717) is 5.92 Å². The highest BCUT2D eigenvalue weighted by molar-refractivity contribution is 5.82. The number of benzene rings is 1. The Morgan fingerprint density at radius 1 is 1.35 bits per heavy atom. The summed E-state index contributed by atoms with van der Waals surface area (Å²) in [5, 5.41) is 11.4. The van der Waals surface area contributed by atoms with Gasteiger partial charge in [-0.05, 0) is 42.8 Å². The van der Waals surface area contributed by atoms with Gasteiger partial charge >= 0.3 is 12.1 Å². The van der Waals surface area contributed by atoms with Crippen LogP contribution in [-0.4, -0.2) is 48.5 Å². The molecule has 2 atom stereocenters. The van der Waals surface area contributed by atoms with Gasteiger partial charge in [-0.15, -0.1) is 0 Å². The molecule has 2 N–H and O–H groups in total. The van der Waals surface area contributed by atoms with E-state index in [1.165, 1.54) is 6.07 Å². The maximum Gasteiger partial charge on any atom is 0.490 e. The number of piperidine rings is 1. The van der Waals surface area contributed by atoms with Crippen LogP contribution < -0.4 is 5.32 Å². The molecule has 1 aromatic heterocycles. The number of aliphatic carboxylic acids is 1. The largest absolute Gasteiger partial charge is 0.490 e. The third-order valence-electron chi connectivity index (χ3n) is 4.11. The molecule has 3 rings (SSSR count). The number of fused-ring (bicyclic) bond motifs is 1. The van der Waals surface area contributed by atoms with Crippen molar-refractivity contribution < 1.29 is 32.2 Å². The number of nitrogens with one attached hydrogen (secondary N) is 1.